The van der Waals surface area contributed by atoms with E-state index >= 15 is 0 Å². The van der Waals surface area contributed by atoms with Crippen LogP contribution in [0, 0.1) is 0 Å². The Morgan fingerprint density at radius 3 is 1.77 bits per heavy atom. The number of ether oxygens (including phenoxy) is 2. The van der Waals surface area contributed by atoms with Gasteiger partial charge in [-0.3, -0.25) is 0 Å². The molecule has 3 heterocycles. The molecule has 0 atom stereocenters. The van der Waals surface area contributed by atoms with E-state index in [-0.39, 0.29) is 11.9 Å². The first-order valence-electron chi connectivity index (χ1n) is 15.6. The van der Waals surface area contributed by atoms with Gasteiger partial charge in [0.05, 0.1) is 48.2 Å². The molecule has 7 rings (SSSR count). The lowest BCUT2D eigenvalue weighted by atomic mass is 9.82. The van der Waals surface area contributed by atoms with E-state index in [1.54, 1.807) is 12.5 Å². The van der Waals surface area contributed by atoms with Crippen LogP contribution in [-0.2, 0) is 9.47 Å². The van der Waals surface area contributed by atoms with Gasteiger partial charge >= 0.3 is 11.9 Å². The van der Waals surface area contributed by atoms with Gasteiger partial charge in [-0.1, -0.05) is 50.7 Å². The van der Waals surface area contributed by atoms with Gasteiger partial charge in [-0.15, -0.1) is 0 Å². The van der Waals surface area contributed by atoms with Crippen LogP contribution >= 0.6 is 15.9 Å². The number of hydrogen-bond donors (Lipinski definition) is 2. The summed E-state index contributed by atoms with van der Waals surface area (Å²) in [5.41, 5.74) is 8.05. The maximum Gasteiger partial charge on any atom is 0.337 e. The first-order valence-corrected chi connectivity index (χ1v) is 16.4. The predicted octanol–water partition coefficient (Wildman–Crippen LogP) is 10.0. The van der Waals surface area contributed by atoms with E-state index in [0.29, 0.717) is 23.0 Å². The highest BCUT2D eigenvalue weighted by Crippen LogP contribution is 2.43. The van der Waals surface area contributed by atoms with Crippen LogP contribution in [0.3, 0.4) is 0 Å². The van der Waals surface area contributed by atoms with Crippen LogP contribution in [-0.4, -0.2) is 36.1 Å². The summed E-state index contributed by atoms with van der Waals surface area (Å²) in [7, 11) is 2.82. The highest BCUT2D eigenvalue weighted by atomic mass is 79.9. The molecule has 2 aliphatic carbocycles. The number of aromatic amines is 2. The summed E-state index contributed by atoms with van der Waals surface area (Å²) in [6.07, 6.45) is 16.3. The van der Waals surface area contributed by atoms with Crippen LogP contribution in [0.5, 0.6) is 0 Å². The molecule has 0 spiro atoms. The Balaban J connectivity index is 0.000000159. The van der Waals surface area contributed by atoms with Crippen LogP contribution in [0.25, 0.3) is 33.1 Å². The van der Waals surface area contributed by atoms with Crippen LogP contribution in [0.2, 0.25) is 0 Å². The number of H-pyrrole nitrogens is 2. The van der Waals surface area contributed by atoms with E-state index < -0.39 is 0 Å². The van der Waals surface area contributed by atoms with Gasteiger partial charge in [0.2, 0.25) is 0 Å². The first-order chi connectivity index (χ1) is 21.5. The summed E-state index contributed by atoms with van der Waals surface area (Å²) in [6.45, 7) is 0. The average molecular weight is 660 g/mol. The van der Waals surface area contributed by atoms with E-state index in [9.17, 15) is 9.59 Å². The molecule has 8 heteroatoms. The normalized spacial score (nSPS) is 16.1. The standard InChI is InChI=1S/C20H21NO3.C16H18BrNO2/c1-23-20(22)14-7-8-16-17(11-14)21-19(15-9-10-24-12-15)18(16)13-5-3-2-4-6-13;1-20-16(19)11-7-8-12-13(9-11)18-15(17)14(12)10-5-3-2-4-6-10/h7-13,21H,2-6H2,1H3;7-10,18H,2-6H2,1H3. The van der Waals surface area contributed by atoms with Gasteiger partial charge in [0.1, 0.15) is 0 Å². The zero-order valence-electron chi connectivity index (χ0n) is 25.3. The van der Waals surface area contributed by atoms with Crippen LogP contribution < -0.4 is 0 Å². The molecule has 2 aliphatic rings. The summed E-state index contributed by atoms with van der Waals surface area (Å²) in [5, 5.41) is 2.42. The number of methoxy groups -OCH3 is 2. The van der Waals surface area contributed by atoms with E-state index in [2.05, 4.69) is 25.9 Å². The Morgan fingerprint density at radius 1 is 0.727 bits per heavy atom. The summed E-state index contributed by atoms with van der Waals surface area (Å²) in [4.78, 5) is 30.3. The van der Waals surface area contributed by atoms with Crippen molar-refractivity contribution in [3.05, 3.63) is 81.8 Å². The minimum absolute atomic E-state index is 0.295. The van der Waals surface area contributed by atoms with Crippen molar-refractivity contribution < 1.29 is 23.5 Å². The van der Waals surface area contributed by atoms with Crippen molar-refractivity contribution in [2.45, 2.75) is 76.0 Å². The topological polar surface area (TPSA) is 97.3 Å². The Labute approximate surface area is 265 Å². The third kappa shape index (κ3) is 6.09. The van der Waals surface area contributed by atoms with Crippen LogP contribution in [0.15, 0.2) is 64.0 Å². The molecule has 0 bridgehead atoms. The molecule has 2 N–H and O–H groups in total. The number of furan rings is 1. The van der Waals surface area contributed by atoms with Gasteiger partial charge in [-0.25, -0.2) is 9.59 Å². The molecule has 2 aromatic carbocycles. The zero-order valence-corrected chi connectivity index (χ0v) is 26.9. The number of fused-ring (bicyclic) bond motifs is 2. The smallest absolute Gasteiger partial charge is 0.337 e. The second-order valence-corrected chi connectivity index (χ2v) is 12.7. The average Bonchev–Trinajstić information content (AvgIpc) is 3.81. The molecular formula is C36H39BrN2O5. The number of rotatable bonds is 5. The van der Waals surface area contributed by atoms with Crippen molar-refractivity contribution in [1.82, 2.24) is 9.97 Å². The molecule has 44 heavy (non-hydrogen) atoms. The third-order valence-corrected chi connectivity index (χ3v) is 9.93. The Bertz CT molecular complexity index is 1750. The number of hydrogen-bond acceptors (Lipinski definition) is 5. The Morgan fingerprint density at radius 2 is 1.25 bits per heavy atom. The second-order valence-electron chi connectivity index (χ2n) is 12.0. The molecule has 0 unspecified atom stereocenters. The second kappa shape index (κ2) is 13.5. The molecular weight excluding hydrogens is 620 g/mol. The lowest BCUT2D eigenvalue weighted by Crippen LogP contribution is -2.05. The molecule has 2 saturated carbocycles. The summed E-state index contributed by atoms with van der Waals surface area (Å²) >= 11 is 3.65. The number of carbonyl (C=O) groups excluding carboxylic acids is 2. The SMILES string of the molecule is COC(=O)c1ccc2c(C3CCCCC3)c(-c3ccoc3)[nH]c2c1.COC(=O)c1ccc2c(C3CCCCC3)c(Br)[nH]c2c1. The van der Waals surface area contributed by atoms with Crippen molar-refractivity contribution in [3.8, 4) is 11.3 Å². The minimum Gasteiger partial charge on any atom is -0.472 e. The lowest BCUT2D eigenvalue weighted by Gasteiger charge is -2.22. The maximum atomic E-state index is 11.8. The van der Waals surface area contributed by atoms with Gasteiger partial charge in [-0.05, 0) is 94.9 Å². The summed E-state index contributed by atoms with van der Waals surface area (Å²) in [6, 6.07) is 13.5. The maximum absolute atomic E-state index is 11.8. The zero-order chi connectivity index (χ0) is 30.6. The monoisotopic (exact) mass is 658 g/mol. The quantitative estimate of drug-likeness (QED) is 0.183. The van der Waals surface area contributed by atoms with Crippen molar-refractivity contribution in [2.75, 3.05) is 14.2 Å². The Hall–Kier alpha value is -3.78. The van der Waals surface area contributed by atoms with Crippen molar-refractivity contribution in [2.24, 2.45) is 0 Å². The highest BCUT2D eigenvalue weighted by Gasteiger charge is 2.25. The molecule has 7 nitrogen and oxygen atoms in total. The van der Waals surface area contributed by atoms with Gasteiger partial charge in [0.25, 0.3) is 0 Å². The van der Waals surface area contributed by atoms with Gasteiger partial charge in [0.15, 0.2) is 0 Å². The summed E-state index contributed by atoms with van der Waals surface area (Å²) in [5.74, 6) is 0.574. The highest BCUT2D eigenvalue weighted by molar-refractivity contribution is 9.10. The number of esters is 2. The molecule has 0 radical (unpaired) electrons. The molecule has 230 valence electrons. The lowest BCUT2D eigenvalue weighted by molar-refractivity contribution is 0.0592. The van der Waals surface area contributed by atoms with Crippen LogP contribution in [0.4, 0.5) is 0 Å². The van der Waals surface area contributed by atoms with Gasteiger partial charge < -0.3 is 23.9 Å². The van der Waals surface area contributed by atoms with Crippen molar-refractivity contribution in [1.29, 1.82) is 0 Å². The number of nitrogens with one attached hydrogen (secondary N) is 2. The fourth-order valence-corrected chi connectivity index (χ4v) is 7.89. The van der Waals surface area contributed by atoms with Gasteiger partial charge in [0, 0.05) is 27.4 Å². The largest absolute Gasteiger partial charge is 0.472 e. The van der Waals surface area contributed by atoms with Crippen LogP contribution in [0.1, 0.15) is 108 Å². The number of aromatic nitrogens is 2. The first kappa shape index (κ1) is 30.3. The fourth-order valence-electron chi connectivity index (χ4n) is 7.14. The van der Waals surface area contributed by atoms with Gasteiger partial charge in [-0.2, -0.15) is 0 Å². The molecule has 0 aliphatic heterocycles. The number of benzene rings is 2. The fraction of sp³-hybridized carbons (Fsp3) is 0.389. The van der Waals surface area contributed by atoms with Crippen molar-refractivity contribution in [3.63, 3.8) is 0 Å². The number of halogens is 1. The van der Waals surface area contributed by atoms with E-state index in [1.165, 1.54) is 100 Å². The molecule has 0 amide bonds. The number of carbonyl (C=O) groups is 2. The predicted molar refractivity (Wildman–Crippen MR) is 176 cm³/mol. The molecule has 5 aromatic rings. The molecule has 2 fully saturated rings. The van der Waals surface area contributed by atoms with Crippen molar-refractivity contribution >= 4 is 49.7 Å². The molecule has 0 saturated heterocycles. The third-order valence-electron chi connectivity index (χ3n) is 9.31. The van der Waals surface area contributed by atoms with E-state index in [4.69, 9.17) is 13.9 Å². The summed E-state index contributed by atoms with van der Waals surface area (Å²) < 4.78 is 16.0. The van der Waals surface area contributed by atoms with E-state index in [1.807, 2.05) is 42.5 Å². The van der Waals surface area contributed by atoms with E-state index in [0.717, 1.165) is 26.9 Å². The Kier molecular flexibility index (Phi) is 9.26. The minimum atomic E-state index is -0.310. The molecule has 3 aromatic heterocycles.